The van der Waals surface area contributed by atoms with Gasteiger partial charge in [-0.3, -0.25) is 0 Å². The first-order valence-corrected chi connectivity index (χ1v) is 6.32. The number of halogens is 4. The van der Waals surface area contributed by atoms with Gasteiger partial charge in [0.05, 0.1) is 10.0 Å². The minimum Gasteiger partial charge on any atom is -0.381 e. The van der Waals surface area contributed by atoms with Crippen LogP contribution in [0.2, 0.25) is 15.1 Å². The molecule has 0 spiro atoms. The maximum atomic E-state index is 13.2. The summed E-state index contributed by atoms with van der Waals surface area (Å²) in [5.74, 6) is -0.602. The molecule has 0 aliphatic carbocycles. The van der Waals surface area contributed by atoms with Crippen LogP contribution in [0.25, 0.3) is 0 Å². The highest BCUT2D eigenvalue weighted by atomic mass is 35.5. The molecule has 0 amide bonds. The zero-order valence-electron chi connectivity index (χ0n) is 9.18. The van der Waals surface area contributed by atoms with Gasteiger partial charge < -0.3 is 5.32 Å². The summed E-state index contributed by atoms with van der Waals surface area (Å²) < 4.78 is 13.2. The van der Waals surface area contributed by atoms with Crippen molar-refractivity contribution in [2.24, 2.45) is 0 Å². The summed E-state index contributed by atoms with van der Waals surface area (Å²) in [5, 5.41) is 3.80. The van der Waals surface area contributed by atoms with Crippen LogP contribution in [0.15, 0.2) is 36.4 Å². The predicted octanol–water partition coefficient (Wildman–Crippen LogP) is 5.40. The van der Waals surface area contributed by atoms with Crippen LogP contribution >= 0.6 is 34.8 Å². The van der Waals surface area contributed by atoms with Crippen LogP contribution in [0, 0.1) is 5.82 Å². The molecule has 0 aromatic heterocycles. The molecular formula is C13H9Cl3FN. The van der Waals surface area contributed by atoms with Gasteiger partial charge in [-0.1, -0.05) is 46.9 Å². The smallest absolute Gasteiger partial charge is 0.160 e. The highest BCUT2D eigenvalue weighted by Crippen LogP contribution is 2.27. The van der Waals surface area contributed by atoms with Crippen molar-refractivity contribution in [3.8, 4) is 0 Å². The van der Waals surface area contributed by atoms with Crippen molar-refractivity contribution in [2.45, 2.75) is 6.54 Å². The first kappa shape index (κ1) is 13.5. The second-order valence-electron chi connectivity index (χ2n) is 3.73. The third-order valence-electron chi connectivity index (χ3n) is 2.39. The number of anilines is 1. The lowest BCUT2D eigenvalue weighted by atomic mass is 10.2. The Hall–Kier alpha value is -0.960. The summed E-state index contributed by atoms with van der Waals surface area (Å²) in [5.41, 5.74) is 1.72. The molecule has 0 unspecified atom stereocenters. The Kier molecular flexibility index (Phi) is 4.33. The summed E-state index contributed by atoms with van der Waals surface area (Å²) >= 11 is 17.2. The minimum atomic E-state index is -0.602. The summed E-state index contributed by atoms with van der Waals surface area (Å²) in [6.07, 6.45) is 0. The molecular weight excluding hydrogens is 296 g/mol. The molecule has 2 aromatic rings. The number of hydrogen-bond donors (Lipinski definition) is 1. The molecule has 0 bridgehead atoms. The second-order valence-corrected chi connectivity index (χ2v) is 4.98. The van der Waals surface area contributed by atoms with Crippen LogP contribution in [0.4, 0.5) is 10.1 Å². The monoisotopic (exact) mass is 303 g/mol. The lowest BCUT2D eigenvalue weighted by Gasteiger charge is -2.08. The van der Waals surface area contributed by atoms with E-state index in [2.05, 4.69) is 5.32 Å². The van der Waals surface area contributed by atoms with Gasteiger partial charge in [-0.25, -0.2) is 4.39 Å². The van der Waals surface area contributed by atoms with Crippen LogP contribution in [-0.2, 0) is 6.54 Å². The lowest BCUT2D eigenvalue weighted by molar-refractivity contribution is 0.629. The van der Waals surface area contributed by atoms with E-state index < -0.39 is 5.82 Å². The molecule has 0 aliphatic heterocycles. The standard InChI is InChI=1S/C13H9Cl3FN/c14-9-3-1-8(2-4-9)7-18-10-5-11(15)13(17)12(16)6-10/h1-6,18H,7H2. The van der Waals surface area contributed by atoms with Crippen molar-refractivity contribution < 1.29 is 4.39 Å². The molecule has 2 rings (SSSR count). The van der Waals surface area contributed by atoms with Crippen LogP contribution in [0.3, 0.4) is 0 Å². The molecule has 0 atom stereocenters. The molecule has 94 valence electrons. The van der Waals surface area contributed by atoms with E-state index in [1.165, 1.54) is 12.1 Å². The summed E-state index contributed by atoms with van der Waals surface area (Å²) in [7, 11) is 0. The highest BCUT2D eigenvalue weighted by Gasteiger charge is 2.07. The fraction of sp³-hybridized carbons (Fsp3) is 0.0769. The fourth-order valence-electron chi connectivity index (χ4n) is 1.46. The van der Waals surface area contributed by atoms with Gasteiger partial charge in [0.1, 0.15) is 0 Å². The first-order valence-electron chi connectivity index (χ1n) is 5.19. The highest BCUT2D eigenvalue weighted by molar-refractivity contribution is 6.35. The predicted molar refractivity (Wildman–Crippen MR) is 75.2 cm³/mol. The van der Waals surface area contributed by atoms with Crippen molar-refractivity contribution in [1.82, 2.24) is 0 Å². The van der Waals surface area contributed by atoms with E-state index in [0.717, 1.165) is 5.56 Å². The van der Waals surface area contributed by atoms with Crippen LogP contribution < -0.4 is 5.32 Å². The summed E-state index contributed by atoms with van der Waals surface area (Å²) in [6.45, 7) is 0.579. The number of benzene rings is 2. The van der Waals surface area contributed by atoms with Crippen LogP contribution in [-0.4, -0.2) is 0 Å². The van der Waals surface area contributed by atoms with Crippen molar-refractivity contribution >= 4 is 40.5 Å². The molecule has 0 aliphatic rings. The van der Waals surface area contributed by atoms with Crippen molar-refractivity contribution in [2.75, 3.05) is 5.32 Å². The van der Waals surface area contributed by atoms with Gasteiger partial charge >= 0.3 is 0 Å². The summed E-state index contributed by atoms with van der Waals surface area (Å²) in [4.78, 5) is 0. The molecule has 2 aromatic carbocycles. The Balaban J connectivity index is 2.08. The third kappa shape index (κ3) is 3.29. The zero-order chi connectivity index (χ0) is 13.1. The van der Waals surface area contributed by atoms with Gasteiger partial charge in [-0.2, -0.15) is 0 Å². The van der Waals surface area contributed by atoms with Gasteiger partial charge in [-0.05, 0) is 29.8 Å². The first-order chi connectivity index (χ1) is 8.56. The SMILES string of the molecule is Fc1c(Cl)cc(NCc2ccc(Cl)cc2)cc1Cl. The lowest BCUT2D eigenvalue weighted by Crippen LogP contribution is -1.99. The molecule has 0 saturated heterocycles. The van der Waals surface area contributed by atoms with E-state index in [1.807, 2.05) is 24.3 Å². The molecule has 18 heavy (non-hydrogen) atoms. The maximum absolute atomic E-state index is 13.2. The Labute approximate surface area is 119 Å². The van der Waals surface area contributed by atoms with Gasteiger partial charge in [-0.15, -0.1) is 0 Å². The quantitative estimate of drug-likeness (QED) is 0.749. The van der Waals surface area contributed by atoms with Crippen molar-refractivity contribution in [3.63, 3.8) is 0 Å². The summed E-state index contributed by atoms with van der Waals surface area (Å²) in [6, 6.07) is 10.4. The zero-order valence-corrected chi connectivity index (χ0v) is 11.5. The molecule has 0 radical (unpaired) electrons. The average molecular weight is 305 g/mol. The van der Waals surface area contributed by atoms with E-state index in [0.29, 0.717) is 17.3 Å². The minimum absolute atomic E-state index is 0.00102. The van der Waals surface area contributed by atoms with Gasteiger partial charge in [0.15, 0.2) is 5.82 Å². The largest absolute Gasteiger partial charge is 0.381 e. The van der Waals surface area contributed by atoms with Crippen molar-refractivity contribution in [1.29, 1.82) is 0 Å². The normalized spacial score (nSPS) is 10.4. The maximum Gasteiger partial charge on any atom is 0.160 e. The van der Waals surface area contributed by atoms with E-state index in [9.17, 15) is 4.39 Å². The van der Waals surface area contributed by atoms with Crippen molar-refractivity contribution in [3.05, 3.63) is 62.8 Å². The van der Waals surface area contributed by atoms with Crippen LogP contribution in [0.5, 0.6) is 0 Å². The number of hydrogen-bond acceptors (Lipinski definition) is 1. The topological polar surface area (TPSA) is 12.0 Å². The molecule has 0 saturated carbocycles. The number of nitrogens with one attached hydrogen (secondary N) is 1. The van der Waals surface area contributed by atoms with E-state index in [1.54, 1.807) is 0 Å². The third-order valence-corrected chi connectivity index (χ3v) is 3.20. The van der Waals surface area contributed by atoms with E-state index >= 15 is 0 Å². The molecule has 1 nitrogen and oxygen atoms in total. The van der Waals surface area contributed by atoms with Gasteiger partial charge in [0, 0.05) is 17.3 Å². The molecule has 1 N–H and O–H groups in total. The Morgan fingerprint density at radius 2 is 1.50 bits per heavy atom. The Morgan fingerprint density at radius 3 is 2.06 bits per heavy atom. The van der Waals surface area contributed by atoms with Gasteiger partial charge in [0.25, 0.3) is 0 Å². The van der Waals surface area contributed by atoms with E-state index in [4.69, 9.17) is 34.8 Å². The number of rotatable bonds is 3. The molecule has 0 heterocycles. The Morgan fingerprint density at radius 1 is 0.944 bits per heavy atom. The molecule has 0 fully saturated rings. The van der Waals surface area contributed by atoms with Gasteiger partial charge in [0.2, 0.25) is 0 Å². The second kappa shape index (κ2) is 5.79. The van der Waals surface area contributed by atoms with Crippen LogP contribution in [0.1, 0.15) is 5.56 Å². The Bertz CT molecular complexity index is 532. The molecule has 5 heteroatoms. The van der Waals surface area contributed by atoms with E-state index in [-0.39, 0.29) is 10.0 Å². The average Bonchev–Trinajstić information content (AvgIpc) is 2.35. The fourth-order valence-corrected chi connectivity index (χ4v) is 2.08.